The van der Waals surface area contributed by atoms with Crippen LogP contribution in [-0.4, -0.2) is 26.3 Å². The summed E-state index contributed by atoms with van der Waals surface area (Å²) in [5.74, 6) is -4.90. The van der Waals surface area contributed by atoms with Crippen LogP contribution in [0.2, 0.25) is 18.1 Å². The Morgan fingerprint density at radius 2 is 1.26 bits per heavy atom. The monoisotopic (exact) mass is 366 g/mol. The molecule has 0 atom stereocenters. The molecule has 19 heavy (non-hydrogen) atoms. The molecule has 0 fully saturated rings. The summed E-state index contributed by atoms with van der Waals surface area (Å²) in [6, 6.07) is 0. The lowest BCUT2D eigenvalue weighted by Crippen LogP contribution is -2.54. The van der Waals surface area contributed by atoms with Gasteiger partial charge in [-0.25, -0.2) is 17.6 Å². The number of rotatable bonds is 2. The summed E-state index contributed by atoms with van der Waals surface area (Å²) in [7, 11) is -2.70. The van der Waals surface area contributed by atoms with E-state index in [-0.39, 0.29) is 5.19 Å². The van der Waals surface area contributed by atoms with Crippen LogP contribution in [0.15, 0.2) is 0 Å². The third-order valence-corrected chi connectivity index (χ3v) is 12.0. The van der Waals surface area contributed by atoms with Gasteiger partial charge in [0.15, 0.2) is 11.6 Å². The lowest BCUT2D eigenvalue weighted by atomic mass is 10.2. The van der Waals surface area contributed by atoms with Gasteiger partial charge in [0.05, 0.1) is 8.07 Å². The predicted octanol–water partition coefficient (Wildman–Crippen LogP) is 3.60. The molecular weight excluding hydrogens is 352 g/mol. The molecule has 0 amide bonds. The third-order valence-electron chi connectivity index (χ3n) is 3.99. The van der Waals surface area contributed by atoms with Crippen LogP contribution in [0, 0.1) is 23.3 Å². The highest BCUT2D eigenvalue weighted by molar-refractivity contribution is 9.23. The van der Waals surface area contributed by atoms with Crippen LogP contribution in [-0.2, 0) is 0 Å². The largest absolute Gasteiger partial charge is 0.516 e. The van der Waals surface area contributed by atoms with Crippen molar-refractivity contribution in [1.82, 2.24) is 0 Å². The van der Waals surface area contributed by atoms with Gasteiger partial charge in [-0.2, -0.15) is 0 Å². The van der Waals surface area contributed by atoms with Crippen LogP contribution in [0.4, 0.5) is 17.6 Å². The van der Waals surface area contributed by atoms with Gasteiger partial charge in [-0.3, -0.25) is 12.9 Å². The van der Waals surface area contributed by atoms with Crippen molar-refractivity contribution in [2.24, 2.45) is 0 Å². The first-order valence-electron chi connectivity index (χ1n) is 5.88. The van der Waals surface area contributed by atoms with Crippen LogP contribution in [0.1, 0.15) is 20.8 Å². The van der Waals surface area contributed by atoms with E-state index in [2.05, 4.69) is 12.9 Å². The fourth-order valence-electron chi connectivity index (χ4n) is 1.72. The summed E-state index contributed by atoms with van der Waals surface area (Å²) >= 11 is 1.47. The number of benzene rings is 1. The van der Waals surface area contributed by atoms with Crippen molar-refractivity contribution in [2.45, 2.75) is 38.9 Å². The van der Waals surface area contributed by atoms with Crippen molar-refractivity contribution in [3.63, 3.8) is 0 Å². The molecule has 104 valence electrons. The first-order valence-corrected chi connectivity index (χ1v) is 13.5. The molecule has 0 saturated carbocycles. The minimum absolute atomic E-state index is 0.381. The maximum Gasteiger partial charge on any atom is 0.516 e. The van der Waals surface area contributed by atoms with Crippen molar-refractivity contribution in [3.8, 4) is 0 Å². The first kappa shape index (κ1) is 17.5. The molecule has 0 saturated heterocycles. The maximum absolute atomic E-state index is 14.2. The maximum atomic E-state index is 14.2. The quantitative estimate of drug-likeness (QED) is 0.426. The minimum atomic E-state index is -2.70. The van der Waals surface area contributed by atoms with Crippen LogP contribution < -0.4 is 8.88 Å². The lowest BCUT2D eigenvalue weighted by molar-refractivity contribution is 0.470. The molecule has 0 nitrogen and oxygen atoms in total. The highest BCUT2D eigenvalue weighted by Crippen LogP contribution is 2.36. The number of halogens is 5. The van der Waals surface area contributed by atoms with Gasteiger partial charge in [-0.1, -0.05) is 37.6 Å². The zero-order valence-electron chi connectivity index (χ0n) is 11.6. The molecule has 0 aliphatic rings. The Hall–Kier alpha value is 0.403. The topological polar surface area (TPSA) is 0 Å². The van der Waals surface area contributed by atoms with Crippen LogP contribution in [0.5, 0.6) is 0 Å². The standard InChI is InChI=1S/C12H15F4Si.BrH.Mg/c1-12(2,3)17(4,5)11-9(15)7(13)6-8(14)10(11)16;;/h1-5H3;1H;/q;;+1/p-1. The summed E-state index contributed by atoms with van der Waals surface area (Å²) in [5.41, 5.74) is 0. The van der Waals surface area contributed by atoms with Crippen molar-refractivity contribution < 1.29 is 17.6 Å². The normalized spacial score (nSPS) is 12.5. The van der Waals surface area contributed by atoms with Crippen LogP contribution in [0.25, 0.3) is 0 Å². The molecule has 0 bridgehead atoms. The molecular formula is C12H15BrF4MgSi. The van der Waals surface area contributed by atoms with E-state index in [4.69, 9.17) is 0 Å². The highest BCUT2D eigenvalue weighted by atomic mass is 79.9. The number of hydrogen-bond acceptors (Lipinski definition) is 0. The molecule has 0 aliphatic carbocycles. The minimum Gasteiger partial charge on any atom is -0.296 e. The van der Waals surface area contributed by atoms with E-state index in [1.807, 2.05) is 20.8 Å². The summed E-state index contributed by atoms with van der Waals surface area (Å²) in [6.45, 7) is 8.94. The first-order chi connectivity index (χ1) is 8.46. The Morgan fingerprint density at radius 3 is 1.53 bits per heavy atom. The molecule has 0 radical (unpaired) electrons. The molecule has 0 unspecified atom stereocenters. The second-order valence-corrected chi connectivity index (χ2v) is 14.0. The zero-order valence-corrected chi connectivity index (χ0v) is 15.6. The van der Waals surface area contributed by atoms with Gasteiger partial charge in [0.25, 0.3) is 0 Å². The van der Waals surface area contributed by atoms with E-state index in [0.29, 0.717) is 0 Å². The van der Waals surface area contributed by atoms with Crippen molar-refractivity contribution in [2.75, 3.05) is 0 Å². The molecule has 0 heterocycles. The summed E-state index contributed by atoms with van der Waals surface area (Å²) in [6.07, 6.45) is 0. The summed E-state index contributed by atoms with van der Waals surface area (Å²) < 4.78 is 55.6. The van der Waals surface area contributed by atoms with Crippen LogP contribution >= 0.6 is 12.9 Å². The summed E-state index contributed by atoms with van der Waals surface area (Å²) in [5, 5.41) is -0.797. The van der Waals surface area contributed by atoms with Gasteiger partial charge in [0, 0.05) is 5.19 Å². The van der Waals surface area contributed by atoms with Crippen molar-refractivity contribution in [1.29, 1.82) is 0 Å². The fourth-order valence-corrected chi connectivity index (χ4v) is 5.81. The van der Waals surface area contributed by atoms with Crippen molar-refractivity contribution >= 4 is 48.0 Å². The van der Waals surface area contributed by atoms with E-state index < -0.39 is 58.3 Å². The van der Waals surface area contributed by atoms with E-state index in [1.165, 1.54) is 0 Å². The third kappa shape index (κ3) is 2.89. The van der Waals surface area contributed by atoms with Gasteiger partial charge in [0.1, 0.15) is 11.6 Å². The highest BCUT2D eigenvalue weighted by Gasteiger charge is 2.43. The molecule has 0 N–H and O–H groups in total. The molecule has 0 aliphatic heterocycles. The van der Waals surface area contributed by atoms with E-state index >= 15 is 0 Å². The Morgan fingerprint density at radius 1 is 0.895 bits per heavy atom. The average Bonchev–Trinajstić information content (AvgIpc) is 2.26. The van der Waals surface area contributed by atoms with E-state index in [1.54, 1.807) is 13.1 Å². The molecule has 1 aromatic carbocycles. The van der Waals surface area contributed by atoms with Gasteiger partial charge in [0.2, 0.25) is 0 Å². The van der Waals surface area contributed by atoms with Gasteiger partial charge in [-0.05, 0) is 5.04 Å². The van der Waals surface area contributed by atoms with E-state index in [9.17, 15) is 17.6 Å². The molecule has 7 heteroatoms. The second kappa shape index (κ2) is 5.65. The second-order valence-electron chi connectivity index (χ2n) is 6.12. The summed E-state index contributed by atoms with van der Waals surface area (Å²) in [4.78, 5) is 0. The zero-order chi connectivity index (χ0) is 15.2. The van der Waals surface area contributed by atoms with Crippen LogP contribution in [0.3, 0.4) is 0 Å². The average molecular weight is 368 g/mol. The Labute approximate surface area is 127 Å². The Balaban J connectivity index is 3.73. The molecule has 1 aromatic rings. The number of hydrogen-bond donors (Lipinski definition) is 0. The molecule has 0 spiro atoms. The predicted molar refractivity (Wildman–Crippen MR) is 77.4 cm³/mol. The fraction of sp³-hybridized carbons (Fsp3) is 0.500. The van der Waals surface area contributed by atoms with Gasteiger partial charge in [-0.15, -0.1) is 0 Å². The van der Waals surface area contributed by atoms with Crippen molar-refractivity contribution in [3.05, 3.63) is 23.3 Å². The smallest absolute Gasteiger partial charge is 0.296 e. The lowest BCUT2D eigenvalue weighted by Gasteiger charge is -2.38. The van der Waals surface area contributed by atoms with Gasteiger partial charge >= 0.3 is 18.2 Å². The Kier molecular flexibility index (Phi) is 5.19. The van der Waals surface area contributed by atoms with E-state index in [0.717, 1.165) is 0 Å². The van der Waals surface area contributed by atoms with Gasteiger partial charge < -0.3 is 0 Å². The Bertz CT molecular complexity index is 482. The SMILES string of the molecule is CC(C)(C)[Si](C)(C)c1c(F)c(F)[c]([Mg][Br])c(F)c1F. The molecule has 0 aromatic heterocycles. The molecule has 1 rings (SSSR count).